The molecular weight excluding hydrogens is 283 g/mol. The molecule has 1 aromatic carbocycles. The van der Waals surface area contributed by atoms with Gasteiger partial charge in [0.25, 0.3) is 0 Å². The van der Waals surface area contributed by atoms with Crippen molar-refractivity contribution in [1.29, 1.82) is 0 Å². The third-order valence-electron chi connectivity index (χ3n) is 3.37. The number of rotatable bonds is 4. The predicted molar refractivity (Wildman–Crippen MR) is 64.7 cm³/mol. The third-order valence-corrected chi connectivity index (χ3v) is 8.11. The van der Waals surface area contributed by atoms with Crippen LogP contribution >= 0.6 is 0 Å². The number of hydrogen-bond donors (Lipinski definition) is 0. The zero-order valence-corrected chi connectivity index (χ0v) is 11.8. The van der Waals surface area contributed by atoms with Gasteiger partial charge in [-0.2, -0.15) is 13.2 Å². The van der Waals surface area contributed by atoms with Gasteiger partial charge in [-0.15, -0.1) is 0 Å². The van der Waals surface area contributed by atoms with Crippen molar-refractivity contribution in [2.75, 3.05) is 0 Å². The minimum atomic E-state index is -5.20. The van der Waals surface area contributed by atoms with Crippen LogP contribution in [0.25, 0.3) is 0 Å². The first-order valence-corrected chi connectivity index (χ1v) is 7.70. The molecule has 0 saturated carbocycles. The maximum Gasteiger partial charge on any atom is 0.422 e. The summed E-state index contributed by atoms with van der Waals surface area (Å²) < 4.78 is 70.2. The lowest BCUT2D eigenvalue weighted by molar-refractivity contribution is -0.207. The van der Waals surface area contributed by atoms with Crippen LogP contribution in [0.3, 0.4) is 0 Å². The highest BCUT2D eigenvalue weighted by molar-refractivity contribution is 6.90. The molecule has 1 aromatic rings. The van der Waals surface area contributed by atoms with Gasteiger partial charge in [0.2, 0.25) is 5.29 Å². The van der Waals surface area contributed by atoms with Gasteiger partial charge in [-0.3, -0.25) is 0 Å². The molecule has 0 radical (unpaired) electrons. The Bertz CT molecular complexity index is 418. The second-order valence-corrected chi connectivity index (χ2v) is 9.13. The monoisotopic (exact) mass is 298 g/mol. The van der Waals surface area contributed by atoms with Crippen molar-refractivity contribution in [3.63, 3.8) is 0 Å². The van der Waals surface area contributed by atoms with Crippen LogP contribution in [0.1, 0.15) is 20.8 Å². The second-order valence-electron chi connectivity index (χ2n) is 4.83. The second kappa shape index (κ2) is 5.20. The zero-order chi connectivity index (χ0) is 14.9. The lowest BCUT2D eigenvalue weighted by Gasteiger charge is -2.41. The van der Waals surface area contributed by atoms with Crippen LogP contribution in [-0.2, 0) is 4.63 Å². The van der Waals surface area contributed by atoms with Gasteiger partial charge in [-0.25, -0.2) is 9.02 Å². The molecule has 1 nitrogen and oxygen atoms in total. The summed E-state index contributed by atoms with van der Waals surface area (Å²) in [4.78, 5) is 0. The summed E-state index contributed by atoms with van der Waals surface area (Å²) in [6, 6.07) is 6.98. The van der Waals surface area contributed by atoms with E-state index in [-0.39, 0.29) is 5.19 Å². The van der Waals surface area contributed by atoms with Gasteiger partial charge in [0.15, 0.2) is 0 Å². The van der Waals surface area contributed by atoms with E-state index in [9.17, 15) is 22.1 Å². The highest BCUT2D eigenvalue weighted by atomic mass is 28.4. The number of alkyl halides is 4. The molecule has 0 aliphatic rings. The summed E-state index contributed by atoms with van der Waals surface area (Å²) in [5.74, 6) is 0. The number of benzene rings is 1. The molecule has 1 rings (SSSR count). The maximum absolute atomic E-state index is 14.4. The largest absolute Gasteiger partial charge is 0.422 e. The Balaban J connectivity index is 3.54. The van der Waals surface area contributed by atoms with Crippen molar-refractivity contribution >= 4 is 13.5 Å². The van der Waals surface area contributed by atoms with Crippen molar-refractivity contribution in [3.8, 4) is 0 Å². The quantitative estimate of drug-likeness (QED) is 0.603. The normalized spacial score (nSPS) is 19.0. The average Bonchev–Trinajstić information content (AvgIpc) is 2.29. The third kappa shape index (κ3) is 2.41. The molecule has 2 unspecified atom stereocenters. The van der Waals surface area contributed by atoms with Gasteiger partial charge in [-0.1, -0.05) is 48.7 Å². The first-order valence-electron chi connectivity index (χ1n) is 5.72. The van der Waals surface area contributed by atoms with Gasteiger partial charge in [0.1, 0.15) is 0 Å². The van der Waals surface area contributed by atoms with E-state index in [4.69, 9.17) is 0 Å². The molecule has 2 atom stereocenters. The molecule has 0 saturated heterocycles. The molecule has 0 spiro atoms. The fourth-order valence-electron chi connectivity index (χ4n) is 2.25. The molecule has 0 aliphatic carbocycles. The Kier molecular flexibility index (Phi) is 4.41. The first kappa shape index (κ1) is 16.1. The molecule has 0 bridgehead atoms. The van der Waals surface area contributed by atoms with Gasteiger partial charge in [0.05, 0.1) is 0 Å². The van der Waals surface area contributed by atoms with E-state index in [1.54, 1.807) is 6.07 Å². The Labute approximate surface area is 109 Å². The SMILES string of the molecule is CC(C)[Si](OF)(c1ccccc1)C(C)(F)C(F)(F)F. The molecule has 0 fully saturated rings. The fourth-order valence-corrected chi connectivity index (χ4v) is 6.06. The molecule has 19 heavy (non-hydrogen) atoms. The smallest absolute Gasteiger partial charge is 0.236 e. The van der Waals surface area contributed by atoms with Crippen molar-refractivity contribution in [2.45, 2.75) is 37.8 Å². The van der Waals surface area contributed by atoms with E-state index < -0.39 is 25.3 Å². The van der Waals surface area contributed by atoms with Gasteiger partial charge >= 0.3 is 14.5 Å². The number of halogens is 5. The lowest BCUT2D eigenvalue weighted by atomic mass is 10.4. The predicted octanol–water partition coefficient (Wildman–Crippen LogP) is 3.98. The Morgan fingerprint density at radius 1 is 1.05 bits per heavy atom. The molecule has 0 heterocycles. The molecule has 0 amide bonds. The lowest BCUT2D eigenvalue weighted by Crippen LogP contribution is -2.71. The van der Waals surface area contributed by atoms with Crippen molar-refractivity contribution < 1.29 is 26.7 Å². The summed E-state index contributed by atoms with van der Waals surface area (Å²) in [6.07, 6.45) is -5.20. The summed E-state index contributed by atoms with van der Waals surface area (Å²) in [5.41, 5.74) is -0.934. The van der Waals surface area contributed by atoms with Crippen LogP contribution in [0, 0.1) is 0 Å². The van der Waals surface area contributed by atoms with Gasteiger partial charge in [-0.05, 0) is 17.7 Å². The van der Waals surface area contributed by atoms with Crippen molar-refractivity contribution in [2.24, 2.45) is 0 Å². The van der Waals surface area contributed by atoms with E-state index >= 15 is 0 Å². The zero-order valence-electron chi connectivity index (χ0n) is 10.8. The van der Waals surface area contributed by atoms with Gasteiger partial charge in [0, 0.05) is 0 Å². The highest BCUT2D eigenvalue weighted by Crippen LogP contribution is 2.45. The molecular formula is C12H15F5OSi. The maximum atomic E-state index is 14.4. The van der Waals surface area contributed by atoms with E-state index in [2.05, 4.69) is 4.63 Å². The van der Waals surface area contributed by atoms with Crippen LogP contribution in [-0.4, -0.2) is 19.8 Å². The summed E-state index contributed by atoms with van der Waals surface area (Å²) in [7, 11) is -4.54. The van der Waals surface area contributed by atoms with Crippen LogP contribution < -0.4 is 5.19 Å². The highest BCUT2D eigenvalue weighted by Gasteiger charge is 2.71. The van der Waals surface area contributed by atoms with E-state index in [1.165, 1.54) is 38.1 Å². The Morgan fingerprint density at radius 3 is 1.84 bits per heavy atom. The molecule has 108 valence electrons. The molecule has 0 N–H and O–H groups in total. The number of hydrogen-bond acceptors (Lipinski definition) is 1. The van der Waals surface area contributed by atoms with E-state index in [0.717, 1.165) is 0 Å². The molecule has 0 aliphatic heterocycles. The van der Waals surface area contributed by atoms with Crippen LogP contribution in [0.2, 0.25) is 5.54 Å². The van der Waals surface area contributed by atoms with E-state index in [1.807, 2.05) is 0 Å². The summed E-state index contributed by atoms with van der Waals surface area (Å²) >= 11 is 0. The minimum Gasteiger partial charge on any atom is -0.236 e. The Hall–Kier alpha value is -0.953. The van der Waals surface area contributed by atoms with Crippen LogP contribution in [0.15, 0.2) is 30.3 Å². The molecule has 7 heteroatoms. The fraction of sp³-hybridized carbons (Fsp3) is 0.500. The minimum absolute atomic E-state index is 0.0603. The standard InChI is InChI=1S/C12H15F5OSi/c1-9(2)19(18-17,10-7-5-4-6-8-10)11(3,13)12(14,15)16/h4-9H,1-3H3. The average molecular weight is 298 g/mol. The first-order chi connectivity index (χ1) is 8.61. The summed E-state index contributed by atoms with van der Waals surface area (Å²) in [6.45, 7) is 3.02. The van der Waals surface area contributed by atoms with E-state index in [0.29, 0.717) is 6.92 Å². The topological polar surface area (TPSA) is 9.23 Å². The van der Waals surface area contributed by atoms with Crippen LogP contribution in [0.5, 0.6) is 0 Å². The molecule has 0 aromatic heterocycles. The van der Waals surface area contributed by atoms with Gasteiger partial charge < -0.3 is 0 Å². The van der Waals surface area contributed by atoms with Crippen molar-refractivity contribution in [1.82, 2.24) is 0 Å². The Morgan fingerprint density at radius 2 is 1.53 bits per heavy atom. The van der Waals surface area contributed by atoms with Crippen molar-refractivity contribution in [3.05, 3.63) is 30.3 Å². The van der Waals surface area contributed by atoms with Crippen LogP contribution in [0.4, 0.5) is 22.1 Å². The summed E-state index contributed by atoms with van der Waals surface area (Å²) in [5, 5.41) is -3.79.